The third-order valence-corrected chi connectivity index (χ3v) is 3.60. The molecule has 0 saturated carbocycles. The highest BCUT2D eigenvalue weighted by Crippen LogP contribution is 2.33. The first-order valence-electron chi connectivity index (χ1n) is 5.89. The predicted octanol–water partition coefficient (Wildman–Crippen LogP) is 1.28. The summed E-state index contributed by atoms with van der Waals surface area (Å²) in [6, 6.07) is 4.56. The lowest BCUT2D eigenvalue weighted by molar-refractivity contribution is -0.135. The van der Waals surface area contributed by atoms with Gasteiger partial charge in [-0.1, -0.05) is 17.7 Å². The van der Waals surface area contributed by atoms with Gasteiger partial charge in [0.15, 0.2) is 0 Å². The Morgan fingerprint density at radius 3 is 2.65 bits per heavy atom. The third-order valence-electron chi connectivity index (χ3n) is 3.28. The standard InChI is InChI=1S/C13H13ClN2O4/c1-13(2)12(20)15-9(17)6-16(13)8-5-3-4-7(14)10(8)11(18)19/h3-5H,6H2,1-2H3,(H,18,19)(H,15,17,20). The molecule has 0 unspecified atom stereocenters. The van der Waals surface area contributed by atoms with Crippen LogP contribution >= 0.6 is 11.6 Å². The number of carboxylic acid groups (broad SMARTS) is 1. The van der Waals surface area contributed by atoms with Crippen molar-refractivity contribution in [1.82, 2.24) is 5.32 Å². The lowest BCUT2D eigenvalue weighted by Gasteiger charge is -2.42. The van der Waals surface area contributed by atoms with Crippen molar-refractivity contribution in [3.63, 3.8) is 0 Å². The van der Waals surface area contributed by atoms with Gasteiger partial charge in [-0.3, -0.25) is 14.9 Å². The number of nitrogens with one attached hydrogen (secondary N) is 1. The van der Waals surface area contributed by atoms with Crippen molar-refractivity contribution < 1.29 is 19.5 Å². The number of anilines is 1. The van der Waals surface area contributed by atoms with E-state index in [4.69, 9.17) is 11.6 Å². The monoisotopic (exact) mass is 296 g/mol. The molecule has 0 radical (unpaired) electrons. The summed E-state index contributed by atoms with van der Waals surface area (Å²) in [5.41, 5.74) is -0.925. The van der Waals surface area contributed by atoms with Gasteiger partial charge in [0.25, 0.3) is 5.91 Å². The van der Waals surface area contributed by atoms with Crippen LogP contribution in [0.1, 0.15) is 24.2 Å². The van der Waals surface area contributed by atoms with Crippen LogP contribution in [-0.2, 0) is 9.59 Å². The van der Waals surface area contributed by atoms with E-state index in [-0.39, 0.29) is 22.8 Å². The van der Waals surface area contributed by atoms with Crippen molar-refractivity contribution in [2.75, 3.05) is 11.4 Å². The van der Waals surface area contributed by atoms with Crippen LogP contribution in [0.15, 0.2) is 18.2 Å². The van der Waals surface area contributed by atoms with Gasteiger partial charge >= 0.3 is 5.97 Å². The van der Waals surface area contributed by atoms with E-state index in [1.54, 1.807) is 19.9 Å². The van der Waals surface area contributed by atoms with Crippen LogP contribution in [0.3, 0.4) is 0 Å². The first kappa shape index (κ1) is 14.3. The Balaban J connectivity index is 2.60. The molecule has 1 aliphatic rings. The minimum absolute atomic E-state index is 0.0595. The average molecular weight is 297 g/mol. The fourth-order valence-electron chi connectivity index (χ4n) is 2.12. The highest BCUT2D eigenvalue weighted by atomic mass is 35.5. The summed E-state index contributed by atoms with van der Waals surface area (Å²) < 4.78 is 0. The summed E-state index contributed by atoms with van der Waals surface area (Å²) in [4.78, 5) is 36.3. The van der Waals surface area contributed by atoms with Crippen LogP contribution < -0.4 is 10.2 Å². The zero-order valence-electron chi connectivity index (χ0n) is 10.9. The van der Waals surface area contributed by atoms with E-state index in [1.165, 1.54) is 17.0 Å². The van der Waals surface area contributed by atoms with Crippen molar-refractivity contribution in [3.05, 3.63) is 28.8 Å². The number of hydrogen-bond acceptors (Lipinski definition) is 4. The fourth-order valence-corrected chi connectivity index (χ4v) is 2.37. The quantitative estimate of drug-likeness (QED) is 0.803. The second-order valence-corrected chi connectivity index (χ2v) is 5.37. The Labute approximate surface area is 120 Å². The molecule has 6 nitrogen and oxygen atoms in total. The summed E-state index contributed by atoms with van der Waals surface area (Å²) in [6.07, 6.45) is 0. The smallest absolute Gasteiger partial charge is 0.339 e. The molecule has 106 valence electrons. The highest BCUT2D eigenvalue weighted by Gasteiger charge is 2.42. The number of carboxylic acids is 1. The maximum absolute atomic E-state index is 11.9. The predicted molar refractivity (Wildman–Crippen MR) is 73.0 cm³/mol. The molecule has 0 aliphatic carbocycles. The van der Waals surface area contributed by atoms with Crippen molar-refractivity contribution in [3.8, 4) is 0 Å². The number of imide groups is 1. The van der Waals surface area contributed by atoms with Gasteiger partial charge in [0.05, 0.1) is 17.3 Å². The Morgan fingerprint density at radius 2 is 2.05 bits per heavy atom. The van der Waals surface area contributed by atoms with Crippen molar-refractivity contribution >= 4 is 35.1 Å². The first-order chi connectivity index (χ1) is 9.25. The van der Waals surface area contributed by atoms with Gasteiger partial charge in [-0.15, -0.1) is 0 Å². The fraction of sp³-hybridized carbons (Fsp3) is 0.308. The van der Waals surface area contributed by atoms with E-state index in [0.29, 0.717) is 0 Å². The van der Waals surface area contributed by atoms with Crippen LogP contribution in [0, 0.1) is 0 Å². The number of piperazine rings is 1. The molecule has 0 bridgehead atoms. The summed E-state index contributed by atoms with van der Waals surface area (Å²) in [5.74, 6) is -2.17. The number of nitrogens with zero attached hydrogens (tertiary/aromatic N) is 1. The lowest BCUT2D eigenvalue weighted by atomic mass is 9.96. The van der Waals surface area contributed by atoms with Crippen LogP contribution in [0.2, 0.25) is 5.02 Å². The van der Waals surface area contributed by atoms with Crippen molar-refractivity contribution in [2.24, 2.45) is 0 Å². The van der Waals surface area contributed by atoms with Crippen LogP contribution in [0.5, 0.6) is 0 Å². The minimum atomic E-state index is -1.21. The number of hydrogen-bond donors (Lipinski definition) is 2. The van der Waals surface area contributed by atoms with E-state index in [9.17, 15) is 19.5 Å². The minimum Gasteiger partial charge on any atom is -0.478 e. The maximum Gasteiger partial charge on any atom is 0.339 e. The van der Waals surface area contributed by atoms with Gasteiger partial charge < -0.3 is 10.0 Å². The van der Waals surface area contributed by atoms with Gasteiger partial charge in [-0.2, -0.15) is 0 Å². The van der Waals surface area contributed by atoms with Gasteiger partial charge in [0.2, 0.25) is 5.91 Å². The molecule has 1 fully saturated rings. The summed E-state index contributed by atoms with van der Waals surface area (Å²) in [7, 11) is 0. The Morgan fingerprint density at radius 1 is 1.40 bits per heavy atom. The number of benzene rings is 1. The largest absolute Gasteiger partial charge is 0.478 e. The molecule has 0 spiro atoms. The SMILES string of the molecule is CC1(C)C(=O)NC(=O)CN1c1cccc(Cl)c1C(=O)O. The van der Waals surface area contributed by atoms with Crippen molar-refractivity contribution in [1.29, 1.82) is 0 Å². The molecule has 1 aromatic carbocycles. The second-order valence-electron chi connectivity index (χ2n) is 4.96. The number of rotatable bonds is 2. The molecule has 7 heteroatoms. The Bertz CT molecular complexity index is 612. The van der Waals surface area contributed by atoms with E-state index in [0.717, 1.165) is 0 Å². The molecule has 1 saturated heterocycles. The van der Waals surface area contributed by atoms with Crippen LogP contribution in [0.25, 0.3) is 0 Å². The van der Waals surface area contributed by atoms with E-state index in [2.05, 4.69) is 5.32 Å². The van der Waals surface area contributed by atoms with E-state index >= 15 is 0 Å². The molecule has 2 N–H and O–H groups in total. The summed E-state index contributed by atoms with van der Waals surface area (Å²) >= 11 is 5.92. The normalized spacial score (nSPS) is 17.9. The highest BCUT2D eigenvalue weighted by molar-refractivity contribution is 6.34. The maximum atomic E-state index is 11.9. The zero-order valence-corrected chi connectivity index (χ0v) is 11.7. The van der Waals surface area contributed by atoms with Gasteiger partial charge in [-0.25, -0.2) is 4.79 Å². The van der Waals surface area contributed by atoms with Crippen LogP contribution in [-0.4, -0.2) is 35.0 Å². The molecular formula is C13H13ClN2O4. The lowest BCUT2D eigenvalue weighted by Crippen LogP contribution is -2.64. The first-order valence-corrected chi connectivity index (χ1v) is 6.26. The van der Waals surface area contributed by atoms with Gasteiger partial charge in [0, 0.05) is 0 Å². The molecule has 1 aromatic rings. The van der Waals surface area contributed by atoms with E-state index in [1.807, 2.05) is 0 Å². The molecule has 0 atom stereocenters. The zero-order chi connectivity index (χ0) is 15.1. The molecule has 1 aliphatic heterocycles. The van der Waals surface area contributed by atoms with Gasteiger partial charge in [-0.05, 0) is 26.0 Å². The number of halogens is 1. The van der Waals surface area contributed by atoms with Crippen molar-refractivity contribution in [2.45, 2.75) is 19.4 Å². The molecule has 2 amide bonds. The molecule has 1 heterocycles. The summed E-state index contributed by atoms with van der Waals surface area (Å²) in [5, 5.41) is 11.6. The average Bonchev–Trinajstić information content (AvgIpc) is 2.33. The second kappa shape index (κ2) is 4.79. The third kappa shape index (κ3) is 2.22. The number of carbonyl (C=O) groups is 3. The summed E-state index contributed by atoms with van der Waals surface area (Å²) in [6.45, 7) is 3.11. The number of amides is 2. The molecule has 20 heavy (non-hydrogen) atoms. The number of carbonyl (C=O) groups excluding carboxylic acids is 2. The van der Waals surface area contributed by atoms with E-state index < -0.39 is 23.3 Å². The molecule has 2 rings (SSSR count). The van der Waals surface area contributed by atoms with Gasteiger partial charge in [0.1, 0.15) is 11.1 Å². The Kier molecular flexibility index (Phi) is 3.43. The Hall–Kier alpha value is -2.08. The number of aromatic carboxylic acids is 1. The van der Waals surface area contributed by atoms with Crippen LogP contribution in [0.4, 0.5) is 5.69 Å². The molecular weight excluding hydrogens is 284 g/mol. The molecule has 0 aromatic heterocycles. The topological polar surface area (TPSA) is 86.7 Å².